The first-order valence-corrected chi connectivity index (χ1v) is 18.1. The standard InChI is InChI=1S/C34H36Cl6O8/c1-5-7-17-9-15(3)19(17)13-45-31(41)25-27(39)21(35)11-23(37)29(25)47-33(43)34(44)48-30-24(38)12-22(36)28(40)26(30)32(42)46-14-20-16(4)10-18(20)8-6-2/h11-12,15-20H,5-10,13-14H2,1-4H3. The third kappa shape index (κ3) is 8.50. The number of hydrogen-bond donors (Lipinski definition) is 0. The molecule has 0 radical (unpaired) electrons. The Hall–Kier alpha value is -1.94. The largest absolute Gasteiger partial charge is 0.462 e. The summed E-state index contributed by atoms with van der Waals surface area (Å²) >= 11 is 37.6. The van der Waals surface area contributed by atoms with Crippen molar-refractivity contribution < 1.29 is 38.1 Å². The highest BCUT2D eigenvalue weighted by Gasteiger charge is 2.40. The van der Waals surface area contributed by atoms with E-state index in [0.717, 1.165) is 50.7 Å². The Morgan fingerprint density at radius 3 is 1.29 bits per heavy atom. The van der Waals surface area contributed by atoms with Gasteiger partial charge in [0.1, 0.15) is 11.1 Å². The second-order valence-electron chi connectivity index (χ2n) is 12.5. The molecule has 2 aromatic carbocycles. The number of esters is 4. The van der Waals surface area contributed by atoms with Crippen molar-refractivity contribution in [2.45, 2.75) is 66.2 Å². The van der Waals surface area contributed by atoms with E-state index in [0.29, 0.717) is 23.7 Å². The van der Waals surface area contributed by atoms with Crippen LogP contribution in [0.25, 0.3) is 0 Å². The highest BCUT2D eigenvalue weighted by atomic mass is 35.5. The molecule has 2 aromatic rings. The molecule has 0 spiro atoms. The minimum absolute atomic E-state index is 0.105. The molecule has 0 amide bonds. The van der Waals surface area contributed by atoms with Crippen LogP contribution in [-0.2, 0) is 19.1 Å². The maximum atomic E-state index is 13.3. The summed E-state index contributed by atoms with van der Waals surface area (Å²) in [6.45, 7) is 8.55. The predicted molar refractivity (Wildman–Crippen MR) is 186 cm³/mol. The Morgan fingerprint density at radius 1 is 0.625 bits per heavy atom. The van der Waals surface area contributed by atoms with Gasteiger partial charge >= 0.3 is 23.9 Å². The number of benzene rings is 2. The van der Waals surface area contributed by atoms with Gasteiger partial charge in [0.25, 0.3) is 0 Å². The molecule has 4 rings (SSSR count). The van der Waals surface area contributed by atoms with Crippen LogP contribution in [0.3, 0.4) is 0 Å². The van der Waals surface area contributed by atoms with Gasteiger partial charge in [-0.05, 0) is 60.5 Å². The van der Waals surface area contributed by atoms with Crippen LogP contribution >= 0.6 is 69.6 Å². The average molecular weight is 785 g/mol. The molecule has 6 atom stereocenters. The van der Waals surface area contributed by atoms with Gasteiger partial charge < -0.3 is 18.9 Å². The van der Waals surface area contributed by atoms with Crippen LogP contribution in [0.5, 0.6) is 11.5 Å². The molecule has 0 heterocycles. The number of halogens is 6. The zero-order valence-corrected chi connectivity index (χ0v) is 31.3. The van der Waals surface area contributed by atoms with Gasteiger partial charge in [0.2, 0.25) is 0 Å². The van der Waals surface area contributed by atoms with Gasteiger partial charge in [0.15, 0.2) is 11.5 Å². The third-order valence-corrected chi connectivity index (χ3v) is 11.5. The monoisotopic (exact) mass is 782 g/mol. The Bertz CT molecular complexity index is 1460. The van der Waals surface area contributed by atoms with Gasteiger partial charge in [-0.25, -0.2) is 19.2 Å². The van der Waals surface area contributed by atoms with E-state index >= 15 is 0 Å². The lowest BCUT2D eigenvalue weighted by Crippen LogP contribution is -2.38. The lowest BCUT2D eigenvalue weighted by molar-refractivity contribution is -0.156. The summed E-state index contributed by atoms with van der Waals surface area (Å²) in [6, 6.07) is 2.28. The summed E-state index contributed by atoms with van der Waals surface area (Å²) in [4.78, 5) is 52.6. The molecule has 0 aromatic heterocycles. The lowest BCUT2D eigenvalue weighted by atomic mass is 9.64. The zero-order chi connectivity index (χ0) is 35.4. The van der Waals surface area contributed by atoms with Gasteiger partial charge in [-0.15, -0.1) is 0 Å². The fourth-order valence-electron chi connectivity index (χ4n) is 6.68. The molecule has 2 fully saturated rings. The lowest BCUT2D eigenvalue weighted by Gasteiger charge is -2.42. The van der Waals surface area contributed by atoms with Crippen LogP contribution < -0.4 is 9.47 Å². The summed E-state index contributed by atoms with van der Waals surface area (Å²) in [6.07, 6.45) is 6.08. The molecule has 0 N–H and O–H groups in total. The number of rotatable bonds is 12. The Labute approximate surface area is 309 Å². The van der Waals surface area contributed by atoms with E-state index in [2.05, 4.69) is 27.7 Å². The molecule has 2 saturated carbocycles. The third-order valence-electron chi connectivity index (χ3n) is 9.37. The maximum Gasteiger partial charge on any atom is 0.423 e. The first kappa shape index (κ1) is 38.9. The number of carbonyl (C=O) groups is 4. The van der Waals surface area contributed by atoms with Crippen LogP contribution in [0.15, 0.2) is 12.1 Å². The number of carbonyl (C=O) groups excluding carboxylic acids is 4. The van der Waals surface area contributed by atoms with E-state index in [4.69, 9.17) is 88.6 Å². The van der Waals surface area contributed by atoms with Gasteiger partial charge in [0, 0.05) is 0 Å². The molecule has 6 unspecified atom stereocenters. The molecule has 14 heteroatoms. The van der Waals surface area contributed by atoms with Gasteiger partial charge in [0.05, 0.1) is 43.3 Å². The quantitative estimate of drug-likeness (QED) is 0.0907. The summed E-state index contributed by atoms with van der Waals surface area (Å²) < 4.78 is 21.6. The van der Waals surface area contributed by atoms with Crippen molar-refractivity contribution in [3.63, 3.8) is 0 Å². The molecule has 8 nitrogen and oxygen atoms in total. The predicted octanol–water partition coefficient (Wildman–Crippen LogP) is 10.6. The van der Waals surface area contributed by atoms with E-state index < -0.39 is 46.5 Å². The summed E-state index contributed by atoms with van der Waals surface area (Å²) in [5.41, 5.74) is -0.893. The summed E-state index contributed by atoms with van der Waals surface area (Å²) in [5, 5.41) is -1.43. The first-order valence-electron chi connectivity index (χ1n) is 15.8. The summed E-state index contributed by atoms with van der Waals surface area (Å²) in [7, 11) is 0. The smallest absolute Gasteiger partial charge is 0.423 e. The van der Waals surface area contributed by atoms with Gasteiger partial charge in [-0.3, -0.25) is 0 Å². The Balaban J connectivity index is 1.52. The molecule has 2 aliphatic carbocycles. The molecule has 0 saturated heterocycles. The van der Waals surface area contributed by atoms with Crippen molar-refractivity contribution in [2.75, 3.05) is 13.2 Å². The van der Waals surface area contributed by atoms with Crippen molar-refractivity contribution in [1.82, 2.24) is 0 Å². The van der Waals surface area contributed by atoms with Crippen molar-refractivity contribution in [1.29, 1.82) is 0 Å². The summed E-state index contributed by atoms with van der Waals surface area (Å²) in [5.74, 6) is -4.46. The van der Waals surface area contributed by atoms with E-state index in [1.807, 2.05) is 0 Å². The highest BCUT2D eigenvalue weighted by molar-refractivity contribution is 6.47. The Kier molecular flexibility index (Phi) is 13.6. The van der Waals surface area contributed by atoms with E-state index in [1.165, 1.54) is 0 Å². The normalized spacial score (nSPS) is 23.0. The molecule has 0 bridgehead atoms. The second-order valence-corrected chi connectivity index (χ2v) is 14.9. The van der Waals surface area contributed by atoms with E-state index in [1.54, 1.807) is 0 Å². The minimum atomic E-state index is -1.63. The van der Waals surface area contributed by atoms with Crippen molar-refractivity contribution in [3.05, 3.63) is 53.4 Å². The van der Waals surface area contributed by atoms with Crippen molar-refractivity contribution >= 4 is 93.5 Å². The zero-order valence-electron chi connectivity index (χ0n) is 26.8. The number of hydrogen-bond acceptors (Lipinski definition) is 8. The average Bonchev–Trinajstić information content (AvgIpc) is 3.02. The van der Waals surface area contributed by atoms with Crippen LogP contribution in [0, 0.1) is 35.5 Å². The minimum Gasteiger partial charge on any atom is -0.462 e. The highest BCUT2D eigenvalue weighted by Crippen LogP contribution is 2.46. The molecule has 262 valence electrons. The fourth-order valence-corrected chi connectivity index (χ4v) is 8.11. The van der Waals surface area contributed by atoms with E-state index in [-0.39, 0.29) is 55.2 Å². The van der Waals surface area contributed by atoms with Crippen LogP contribution in [-0.4, -0.2) is 37.1 Å². The molecule has 48 heavy (non-hydrogen) atoms. The molecular formula is C34H36Cl6O8. The molecular weight excluding hydrogens is 749 g/mol. The SMILES string of the molecule is CCCC1CC(C)C1COC(=O)c1c(Cl)c(Cl)cc(Cl)c1OC(=O)C(=O)Oc1c(Cl)cc(Cl)c(Cl)c1C(=O)OCC1C(C)CC1CCC. The van der Waals surface area contributed by atoms with Crippen molar-refractivity contribution in [3.8, 4) is 11.5 Å². The molecule has 2 aliphatic rings. The Morgan fingerprint density at radius 2 is 0.979 bits per heavy atom. The number of ether oxygens (including phenoxy) is 4. The van der Waals surface area contributed by atoms with Gasteiger partial charge in [-0.1, -0.05) is 123 Å². The molecule has 0 aliphatic heterocycles. The van der Waals surface area contributed by atoms with Crippen LogP contribution in [0.2, 0.25) is 30.1 Å². The van der Waals surface area contributed by atoms with E-state index in [9.17, 15) is 19.2 Å². The van der Waals surface area contributed by atoms with Crippen LogP contribution in [0.1, 0.15) is 86.9 Å². The van der Waals surface area contributed by atoms with Gasteiger partial charge in [-0.2, -0.15) is 0 Å². The first-order chi connectivity index (χ1) is 22.7. The van der Waals surface area contributed by atoms with Crippen LogP contribution in [0.4, 0.5) is 0 Å². The van der Waals surface area contributed by atoms with Crippen molar-refractivity contribution in [2.24, 2.45) is 35.5 Å². The topological polar surface area (TPSA) is 105 Å². The fraction of sp³-hybridized carbons (Fsp3) is 0.529. The maximum absolute atomic E-state index is 13.3. The second kappa shape index (κ2) is 16.8.